The van der Waals surface area contributed by atoms with Crippen LogP contribution >= 0.6 is 11.6 Å². The molecule has 6 nitrogen and oxygen atoms in total. The van der Waals surface area contributed by atoms with Crippen molar-refractivity contribution in [3.05, 3.63) is 27.4 Å². The molecule has 1 rings (SSSR count). The van der Waals surface area contributed by atoms with E-state index in [0.717, 1.165) is 0 Å². The minimum absolute atomic E-state index is 0.0423. The number of hydrogen-bond donors (Lipinski definition) is 0. The summed E-state index contributed by atoms with van der Waals surface area (Å²) in [7, 11) is 3.76. The van der Waals surface area contributed by atoms with Crippen LogP contribution in [0.15, 0.2) is 12.1 Å². The van der Waals surface area contributed by atoms with Gasteiger partial charge in [0.1, 0.15) is 11.8 Å². The summed E-state index contributed by atoms with van der Waals surface area (Å²) in [5, 5.41) is 10.8. The Labute approximate surface area is 97.9 Å². The van der Waals surface area contributed by atoms with Gasteiger partial charge in [-0.15, -0.1) is 0 Å². The van der Waals surface area contributed by atoms with Crippen LogP contribution in [-0.4, -0.2) is 42.1 Å². The van der Waals surface area contributed by atoms with Crippen molar-refractivity contribution in [1.82, 2.24) is 9.88 Å². The molecule has 1 heterocycles. The molecule has 0 radical (unpaired) electrons. The van der Waals surface area contributed by atoms with Crippen molar-refractivity contribution in [3.8, 4) is 5.88 Å². The predicted octanol–water partition coefficient (Wildman–Crippen LogP) is 1.58. The van der Waals surface area contributed by atoms with E-state index in [1.54, 1.807) is 0 Å². The monoisotopic (exact) mass is 245 g/mol. The fourth-order valence-corrected chi connectivity index (χ4v) is 1.12. The molecule has 16 heavy (non-hydrogen) atoms. The molecule has 7 heteroatoms. The standard InChI is InChI=1S/C9H12ClN3O3/c1-12(2)5-6-16-9-7(13(14)15)3-4-8(10)11-9/h3-4H,5-6H2,1-2H3. The van der Waals surface area contributed by atoms with Crippen molar-refractivity contribution in [2.75, 3.05) is 27.2 Å². The topological polar surface area (TPSA) is 68.5 Å². The van der Waals surface area contributed by atoms with Crippen LogP contribution < -0.4 is 4.74 Å². The number of ether oxygens (including phenoxy) is 1. The first kappa shape index (κ1) is 12.7. The van der Waals surface area contributed by atoms with Gasteiger partial charge in [0.2, 0.25) is 0 Å². The first-order valence-electron chi connectivity index (χ1n) is 4.59. The lowest BCUT2D eigenvalue weighted by Crippen LogP contribution is -2.20. The Kier molecular flexibility index (Phi) is 4.45. The van der Waals surface area contributed by atoms with Crippen LogP contribution in [-0.2, 0) is 0 Å². The van der Waals surface area contributed by atoms with Gasteiger partial charge in [0, 0.05) is 12.6 Å². The van der Waals surface area contributed by atoms with Gasteiger partial charge in [0.15, 0.2) is 0 Å². The molecule has 0 saturated heterocycles. The number of rotatable bonds is 5. The van der Waals surface area contributed by atoms with E-state index < -0.39 is 4.92 Å². The first-order valence-corrected chi connectivity index (χ1v) is 4.97. The Balaban J connectivity index is 2.76. The molecule has 0 unspecified atom stereocenters. The molecule has 0 aliphatic carbocycles. The normalized spacial score (nSPS) is 10.5. The number of nitro groups is 1. The molecule has 0 fully saturated rings. The Morgan fingerprint density at radius 3 is 2.81 bits per heavy atom. The highest BCUT2D eigenvalue weighted by Crippen LogP contribution is 2.25. The van der Waals surface area contributed by atoms with Crippen molar-refractivity contribution in [2.24, 2.45) is 0 Å². The summed E-state index contributed by atoms with van der Waals surface area (Å²) in [6, 6.07) is 2.64. The highest BCUT2D eigenvalue weighted by Gasteiger charge is 2.17. The first-order chi connectivity index (χ1) is 7.50. The number of halogens is 1. The molecule has 0 aromatic carbocycles. The van der Waals surface area contributed by atoms with E-state index in [9.17, 15) is 10.1 Å². The summed E-state index contributed by atoms with van der Waals surface area (Å²) in [5.41, 5.74) is -0.178. The zero-order valence-electron chi connectivity index (χ0n) is 9.01. The minimum atomic E-state index is -0.547. The molecule has 0 N–H and O–H groups in total. The smallest absolute Gasteiger partial charge is 0.331 e. The molecule has 0 spiro atoms. The zero-order chi connectivity index (χ0) is 12.1. The molecule has 1 aromatic heterocycles. The summed E-state index contributed by atoms with van der Waals surface area (Å²) in [6.07, 6.45) is 0. The van der Waals surface area contributed by atoms with Gasteiger partial charge in [-0.25, -0.2) is 0 Å². The lowest BCUT2D eigenvalue weighted by molar-refractivity contribution is -0.386. The number of aromatic nitrogens is 1. The summed E-state index contributed by atoms with van der Waals surface area (Å²) < 4.78 is 5.21. The van der Waals surface area contributed by atoms with Gasteiger partial charge in [-0.2, -0.15) is 4.98 Å². The third-order valence-corrected chi connectivity index (χ3v) is 1.99. The van der Waals surface area contributed by atoms with Gasteiger partial charge >= 0.3 is 5.69 Å². The molecule has 0 saturated carbocycles. The zero-order valence-corrected chi connectivity index (χ0v) is 9.77. The molecule has 0 aliphatic rings. The molecule has 0 atom stereocenters. The van der Waals surface area contributed by atoms with Crippen LogP contribution in [0.5, 0.6) is 5.88 Å². The number of pyridine rings is 1. The molecule has 1 aromatic rings. The van der Waals surface area contributed by atoms with E-state index >= 15 is 0 Å². The molecular weight excluding hydrogens is 234 g/mol. The number of hydrogen-bond acceptors (Lipinski definition) is 5. The van der Waals surface area contributed by atoms with E-state index in [1.807, 2.05) is 19.0 Å². The molecular formula is C9H12ClN3O3. The Hall–Kier alpha value is -1.40. The highest BCUT2D eigenvalue weighted by atomic mass is 35.5. The largest absolute Gasteiger partial charge is 0.471 e. The second-order valence-corrected chi connectivity index (χ2v) is 3.75. The van der Waals surface area contributed by atoms with E-state index in [4.69, 9.17) is 16.3 Å². The fourth-order valence-electron chi connectivity index (χ4n) is 0.981. The third-order valence-electron chi connectivity index (χ3n) is 1.78. The SMILES string of the molecule is CN(C)CCOc1nc(Cl)ccc1[N+](=O)[O-]. The molecule has 0 aliphatic heterocycles. The average molecular weight is 246 g/mol. The van der Waals surface area contributed by atoms with Crippen LogP contribution in [0.3, 0.4) is 0 Å². The maximum atomic E-state index is 10.7. The fraction of sp³-hybridized carbons (Fsp3) is 0.444. The third kappa shape index (κ3) is 3.63. The van der Waals surface area contributed by atoms with Crippen molar-refractivity contribution in [2.45, 2.75) is 0 Å². The van der Waals surface area contributed by atoms with Crippen LogP contribution in [0, 0.1) is 10.1 Å². The summed E-state index contributed by atoms with van der Waals surface area (Å²) in [5.74, 6) is -0.0423. The van der Waals surface area contributed by atoms with E-state index in [-0.39, 0.29) is 16.7 Å². The maximum absolute atomic E-state index is 10.7. The van der Waals surface area contributed by atoms with Gasteiger partial charge in [-0.1, -0.05) is 11.6 Å². The molecule has 0 amide bonds. The number of likely N-dealkylation sites (N-methyl/N-ethyl adjacent to an activating group) is 1. The van der Waals surface area contributed by atoms with Crippen LogP contribution in [0.2, 0.25) is 5.15 Å². The van der Waals surface area contributed by atoms with E-state index in [1.165, 1.54) is 12.1 Å². The van der Waals surface area contributed by atoms with Crippen LogP contribution in [0.25, 0.3) is 0 Å². The summed E-state index contributed by atoms with van der Waals surface area (Å²) >= 11 is 5.64. The average Bonchev–Trinajstić information content (AvgIpc) is 2.16. The lowest BCUT2D eigenvalue weighted by atomic mass is 10.4. The quantitative estimate of drug-likeness (QED) is 0.448. The van der Waals surface area contributed by atoms with Crippen molar-refractivity contribution in [3.63, 3.8) is 0 Å². The minimum Gasteiger partial charge on any atom is -0.471 e. The Morgan fingerprint density at radius 2 is 2.25 bits per heavy atom. The highest BCUT2D eigenvalue weighted by molar-refractivity contribution is 6.29. The molecule has 88 valence electrons. The van der Waals surface area contributed by atoms with E-state index in [2.05, 4.69) is 4.98 Å². The second-order valence-electron chi connectivity index (χ2n) is 3.37. The van der Waals surface area contributed by atoms with Crippen LogP contribution in [0.4, 0.5) is 5.69 Å². The summed E-state index contributed by atoms with van der Waals surface area (Å²) in [6.45, 7) is 0.965. The van der Waals surface area contributed by atoms with Gasteiger partial charge < -0.3 is 9.64 Å². The van der Waals surface area contributed by atoms with Gasteiger partial charge in [0.05, 0.1) is 4.92 Å². The van der Waals surface area contributed by atoms with Crippen molar-refractivity contribution < 1.29 is 9.66 Å². The lowest BCUT2D eigenvalue weighted by Gasteiger charge is -2.10. The van der Waals surface area contributed by atoms with Crippen LogP contribution in [0.1, 0.15) is 0 Å². The maximum Gasteiger partial charge on any atom is 0.331 e. The number of nitrogens with zero attached hydrogens (tertiary/aromatic N) is 3. The predicted molar refractivity (Wildman–Crippen MR) is 60.0 cm³/mol. The molecule has 0 bridgehead atoms. The second kappa shape index (κ2) is 5.62. The van der Waals surface area contributed by atoms with Crippen molar-refractivity contribution in [1.29, 1.82) is 0 Å². The van der Waals surface area contributed by atoms with Gasteiger partial charge in [-0.05, 0) is 20.2 Å². The Morgan fingerprint density at radius 1 is 1.56 bits per heavy atom. The van der Waals surface area contributed by atoms with Gasteiger partial charge in [-0.3, -0.25) is 10.1 Å². The van der Waals surface area contributed by atoms with Gasteiger partial charge in [0.25, 0.3) is 5.88 Å². The van der Waals surface area contributed by atoms with Crippen molar-refractivity contribution >= 4 is 17.3 Å². The van der Waals surface area contributed by atoms with E-state index in [0.29, 0.717) is 13.2 Å². The summed E-state index contributed by atoms with van der Waals surface area (Å²) in [4.78, 5) is 15.8. The Bertz CT molecular complexity index is 384.